The van der Waals surface area contributed by atoms with E-state index in [1.54, 1.807) is 7.05 Å². The largest absolute Gasteiger partial charge is 0.390 e. The average Bonchev–Trinajstić information content (AvgIpc) is 2.34. The summed E-state index contributed by atoms with van der Waals surface area (Å²) in [6.45, 7) is -0.398. The SMILES string of the molecule is CNc1ccc([N+](=O)[O-])c(N(C)CCC(F)(F)F)n1. The molecule has 0 aliphatic rings. The van der Waals surface area contributed by atoms with Gasteiger partial charge in [0.1, 0.15) is 5.82 Å². The smallest absolute Gasteiger partial charge is 0.373 e. The summed E-state index contributed by atoms with van der Waals surface area (Å²) < 4.78 is 36.4. The molecule has 1 heterocycles. The van der Waals surface area contributed by atoms with E-state index >= 15 is 0 Å². The van der Waals surface area contributed by atoms with Crippen molar-refractivity contribution in [3.8, 4) is 0 Å². The topological polar surface area (TPSA) is 71.3 Å². The Kier molecular flexibility index (Phi) is 4.52. The molecule has 0 atom stereocenters. The Bertz CT molecular complexity index is 465. The lowest BCUT2D eigenvalue weighted by Gasteiger charge is -2.19. The number of alkyl halides is 3. The van der Waals surface area contributed by atoms with Gasteiger partial charge in [-0.25, -0.2) is 4.98 Å². The molecular weight excluding hydrogens is 265 g/mol. The van der Waals surface area contributed by atoms with Gasteiger partial charge >= 0.3 is 11.9 Å². The van der Waals surface area contributed by atoms with Crippen molar-refractivity contribution in [3.05, 3.63) is 22.2 Å². The molecule has 0 amide bonds. The molecule has 106 valence electrons. The summed E-state index contributed by atoms with van der Waals surface area (Å²) in [6.07, 6.45) is -5.38. The van der Waals surface area contributed by atoms with Crippen molar-refractivity contribution in [3.63, 3.8) is 0 Å². The number of hydrogen-bond donors (Lipinski definition) is 1. The highest BCUT2D eigenvalue weighted by atomic mass is 19.4. The van der Waals surface area contributed by atoms with Crippen LogP contribution < -0.4 is 10.2 Å². The zero-order valence-corrected chi connectivity index (χ0v) is 10.4. The van der Waals surface area contributed by atoms with Gasteiger partial charge in [0.25, 0.3) is 0 Å². The Labute approximate surface area is 107 Å². The predicted octanol–water partition coefficient (Wildman–Crippen LogP) is 2.42. The molecule has 1 rings (SSSR count). The van der Waals surface area contributed by atoms with Crippen molar-refractivity contribution in [2.75, 3.05) is 30.9 Å². The summed E-state index contributed by atoms with van der Waals surface area (Å²) in [7, 11) is 2.90. The number of pyridine rings is 1. The Morgan fingerprint density at radius 1 is 1.47 bits per heavy atom. The Morgan fingerprint density at radius 3 is 2.58 bits per heavy atom. The van der Waals surface area contributed by atoms with Crippen molar-refractivity contribution >= 4 is 17.3 Å². The number of anilines is 2. The van der Waals surface area contributed by atoms with Gasteiger partial charge < -0.3 is 10.2 Å². The predicted molar refractivity (Wildman–Crippen MR) is 64.4 cm³/mol. The Balaban J connectivity index is 2.98. The molecule has 0 bridgehead atoms. The first-order valence-electron chi connectivity index (χ1n) is 5.35. The highest BCUT2D eigenvalue weighted by Gasteiger charge is 2.29. The lowest BCUT2D eigenvalue weighted by molar-refractivity contribution is -0.384. The van der Waals surface area contributed by atoms with E-state index in [0.717, 1.165) is 4.90 Å². The second-order valence-electron chi connectivity index (χ2n) is 3.83. The van der Waals surface area contributed by atoms with Gasteiger partial charge in [-0.1, -0.05) is 0 Å². The van der Waals surface area contributed by atoms with E-state index in [1.807, 2.05) is 0 Å². The zero-order chi connectivity index (χ0) is 14.6. The first kappa shape index (κ1) is 15.0. The average molecular weight is 278 g/mol. The molecule has 6 nitrogen and oxygen atoms in total. The first-order valence-corrected chi connectivity index (χ1v) is 5.35. The van der Waals surface area contributed by atoms with E-state index in [4.69, 9.17) is 0 Å². The molecule has 0 saturated carbocycles. The summed E-state index contributed by atoms with van der Waals surface area (Å²) in [6, 6.07) is 2.59. The number of rotatable bonds is 5. The van der Waals surface area contributed by atoms with Gasteiger partial charge in [0.2, 0.25) is 5.82 Å². The molecule has 1 aromatic rings. The third-order valence-corrected chi connectivity index (χ3v) is 2.40. The van der Waals surface area contributed by atoms with E-state index in [2.05, 4.69) is 10.3 Å². The molecule has 0 saturated heterocycles. The summed E-state index contributed by atoms with van der Waals surface area (Å²) in [4.78, 5) is 15.2. The van der Waals surface area contributed by atoms with Gasteiger partial charge in [0, 0.05) is 26.7 Å². The monoisotopic (exact) mass is 278 g/mol. The minimum absolute atomic E-state index is 0.0962. The maximum absolute atomic E-state index is 12.1. The summed E-state index contributed by atoms with van der Waals surface area (Å²) in [5.74, 6) is 0.251. The highest BCUT2D eigenvalue weighted by molar-refractivity contribution is 5.61. The summed E-state index contributed by atoms with van der Waals surface area (Å²) in [5, 5.41) is 13.5. The Hall–Kier alpha value is -2.06. The van der Waals surface area contributed by atoms with Crippen molar-refractivity contribution < 1.29 is 18.1 Å². The zero-order valence-electron chi connectivity index (χ0n) is 10.4. The van der Waals surface area contributed by atoms with E-state index in [9.17, 15) is 23.3 Å². The van der Waals surface area contributed by atoms with E-state index in [1.165, 1.54) is 19.2 Å². The second-order valence-corrected chi connectivity index (χ2v) is 3.83. The standard InChI is InChI=1S/C10H13F3N4O2/c1-14-8-4-3-7(17(18)19)9(15-8)16(2)6-5-10(11,12)13/h3-4H,5-6H2,1-2H3,(H,14,15). The van der Waals surface area contributed by atoms with Crippen LogP contribution in [0.2, 0.25) is 0 Å². The number of nitro groups is 1. The number of nitrogens with one attached hydrogen (secondary N) is 1. The fourth-order valence-corrected chi connectivity index (χ4v) is 1.40. The first-order chi connectivity index (χ1) is 8.74. The third kappa shape index (κ3) is 4.27. The highest BCUT2D eigenvalue weighted by Crippen LogP contribution is 2.28. The minimum atomic E-state index is -4.32. The number of halogens is 3. The molecule has 0 unspecified atom stereocenters. The fraction of sp³-hybridized carbons (Fsp3) is 0.500. The van der Waals surface area contributed by atoms with E-state index < -0.39 is 24.1 Å². The number of aromatic nitrogens is 1. The van der Waals surface area contributed by atoms with E-state index in [-0.39, 0.29) is 11.5 Å². The lowest BCUT2D eigenvalue weighted by Crippen LogP contribution is -2.25. The normalized spacial score (nSPS) is 11.2. The van der Waals surface area contributed by atoms with Crippen molar-refractivity contribution in [2.24, 2.45) is 0 Å². The van der Waals surface area contributed by atoms with Crippen LogP contribution in [-0.2, 0) is 0 Å². The molecule has 9 heteroatoms. The molecule has 0 aromatic carbocycles. The van der Waals surface area contributed by atoms with Gasteiger partial charge in [-0.05, 0) is 6.07 Å². The molecule has 0 aliphatic carbocycles. The molecule has 0 fully saturated rings. The maximum Gasteiger partial charge on any atom is 0.390 e. The van der Waals surface area contributed by atoms with Gasteiger partial charge in [-0.3, -0.25) is 10.1 Å². The quantitative estimate of drug-likeness (QED) is 0.661. The van der Waals surface area contributed by atoms with Crippen LogP contribution in [0.4, 0.5) is 30.5 Å². The van der Waals surface area contributed by atoms with Crippen LogP contribution >= 0.6 is 0 Å². The molecular formula is C10H13F3N4O2. The fourth-order valence-electron chi connectivity index (χ4n) is 1.40. The Morgan fingerprint density at radius 2 is 2.11 bits per heavy atom. The maximum atomic E-state index is 12.1. The van der Waals surface area contributed by atoms with Crippen molar-refractivity contribution in [2.45, 2.75) is 12.6 Å². The van der Waals surface area contributed by atoms with Gasteiger partial charge in [-0.2, -0.15) is 13.2 Å². The molecule has 0 spiro atoms. The van der Waals surface area contributed by atoms with Crippen LogP contribution in [-0.4, -0.2) is 36.7 Å². The minimum Gasteiger partial charge on any atom is -0.373 e. The van der Waals surface area contributed by atoms with Crippen LogP contribution in [0.25, 0.3) is 0 Å². The molecule has 1 aromatic heterocycles. The molecule has 0 aliphatic heterocycles. The van der Waals surface area contributed by atoms with Crippen molar-refractivity contribution in [1.82, 2.24) is 4.98 Å². The summed E-state index contributed by atoms with van der Waals surface area (Å²) >= 11 is 0. The van der Waals surface area contributed by atoms with Crippen LogP contribution in [0.5, 0.6) is 0 Å². The van der Waals surface area contributed by atoms with Crippen LogP contribution in [0.3, 0.4) is 0 Å². The third-order valence-electron chi connectivity index (χ3n) is 2.40. The summed E-state index contributed by atoms with van der Waals surface area (Å²) in [5.41, 5.74) is -0.330. The number of hydrogen-bond acceptors (Lipinski definition) is 5. The lowest BCUT2D eigenvalue weighted by atomic mass is 10.3. The van der Waals surface area contributed by atoms with Crippen LogP contribution in [0, 0.1) is 10.1 Å². The van der Waals surface area contributed by atoms with Crippen molar-refractivity contribution in [1.29, 1.82) is 0 Å². The van der Waals surface area contributed by atoms with Gasteiger partial charge in [-0.15, -0.1) is 0 Å². The molecule has 0 radical (unpaired) electrons. The molecule has 1 N–H and O–H groups in total. The van der Waals surface area contributed by atoms with E-state index in [0.29, 0.717) is 5.82 Å². The second kappa shape index (κ2) is 5.72. The van der Waals surface area contributed by atoms with Gasteiger partial charge in [0.15, 0.2) is 0 Å². The van der Waals surface area contributed by atoms with Crippen LogP contribution in [0.1, 0.15) is 6.42 Å². The van der Waals surface area contributed by atoms with Gasteiger partial charge in [0.05, 0.1) is 11.3 Å². The van der Waals surface area contributed by atoms with Crippen LogP contribution in [0.15, 0.2) is 12.1 Å². The molecule has 19 heavy (non-hydrogen) atoms. The number of nitrogens with zero attached hydrogens (tertiary/aromatic N) is 3.